The molecule has 2 aromatic heterocycles. The van der Waals surface area contributed by atoms with E-state index in [9.17, 15) is 4.79 Å². The zero-order chi connectivity index (χ0) is 15.4. The average Bonchev–Trinajstić information content (AvgIpc) is 2.87. The third kappa shape index (κ3) is 3.56. The van der Waals surface area contributed by atoms with Crippen LogP contribution in [0.25, 0.3) is 11.0 Å². The second kappa shape index (κ2) is 6.64. The van der Waals surface area contributed by atoms with Gasteiger partial charge in [0.1, 0.15) is 0 Å². The molecule has 0 radical (unpaired) electrons. The van der Waals surface area contributed by atoms with Crippen molar-refractivity contribution < 1.29 is 9.53 Å². The zero-order valence-corrected chi connectivity index (χ0v) is 12.5. The Kier molecular flexibility index (Phi) is 4.87. The molecule has 1 amide bonds. The van der Waals surface area contributed by atoms with Crippen molar-refractivity contribution in [3.8, 4) is 0 Å². The molecule has 1 atom stereocenters. The van der Waals surface area contributed by atoms with Crippen molar-refractivity contribution in [2.45, 2.75) is 32.4 Å². The summed E-state index contributed by atoms with van der Waals surface area (Å²) in [6, 6.07) is 1.48. The van der Waals surface area contributed by atoms with Gasteiger partial charge in [0.15, 0.2) is 5.65 Å². The number of pyridine rings is 1. The highest BCUT2D eigenvalue weighted by Gasteiger charge is 2.14. The number of ether oxygens (including phenoxy) is 1. The summed E-state index contributed by atoms with van der Waals surface area (Å²) in [7, 11) is 1.58. The van der Waals surface area contributed by atoms with Gasteiger partial charge in [-0.15, -0.1) is 0 Å². The number of hydrogen-bond acceptors (Lipinski definition) is 5. The van der Waals surface area contributed by atoms with Gasteiger partial charge in [0.05, 0.1) is 24.1 Å². The molecular weight excluding hydrogens is 270 g/mol. The quantitative estimate of drug-likeness (QED) is 0.836. The maximum atomic E-state index is 11.9. The largest absolute Gasteiger partial charge is 0.385 e. The monoisotopic (exact) mass is 291 g/mol. The van der Waals surface area contributed by atoms with Crippen molar-refractivity contribution in [1.29, 1.82) is 0 Å². The van der Waals surface area contributed by atoms with E-state index in [1.807, 2.05) is 24.6 Å². The Morgan fingerprint density at radius 2 is 2.24 bits per heavy atom. The number of fused-ring (bicyclic) bond motifs is 1. The molecule has 0 aliphatic heterocycles. The van der Waals surface area contributed by atoms with Crippen molar-refractivity contribution in [2.75, 3.05) is 19.0 Å². The van der Waals surface area contributed by atoms with Crippen LogP contribution in [-0.2, 0) is 9.53 Å². The maximum Gasteiger partial charge on any atom is 0.241 e. The fourth-order valence-electron chi connectivity index (χ4n) is 2.00. The standard InChI is InChI=1S/C14H21N5O2/c1-9(2)19-13-10(7-17-19)6-11(8-16-13)18-14(20)12(15)4-5-21-3/h6-9,12H,4-5,15H2,1-3H3,(H,18,20). The zero-order valence-electron chi connectivity index (χ0n) is 12.5. The average molecular weight is 291 g/mol. The maximum absolute atomic E-state index is 11.9. The first kappa shape index (κ1) is 15.4. The van der Waals surface area contributed by atoms with Crippen molar-refractivity contribution in [3.63, 3.8) is 0 Å². The van der Waals surface area contributed by atoms with Crippen LogP contribution >= 0.6 is 0 Å². The molecule has 7 heteroatoms. The minimum atomic E-state index is -0.598. The Balaban J connectivity index is 2.11. The molecule has 0 aliphatic carbocycles. The summed E-state index contributed by atoms with van der Waals surface area (Å²) in [5, 5.41) is 7.93. The number of rotatable bonds is 6. The van der Waals surface area contributed by atoms with E-state index in [1.165, 1.54) is 0 Å². The Labute approximate surface area is 123 Å². The molecule has 0 aliphatic rings. The molecule has 0 saturated carbocycles. The molecule has 0 saturated heterocycles. The molecule has 2 rings (SSSR count). The molecule has 0 bridgehead atoms. The smallest absolute Gasteiger partial charge is 0.241 e. The van der Waals surface area contributed by atoms with E-state index < -0.39 is 6.04 Å². The summed E-state index contributed by atoms with van der Waals surface area (Å²) in [5.41, 5.74) is 7.19. The molecule has 3 N–H and O–H groups in total. The van der Waals surface area contributed by atoms with Gasteiger partial charge >= 0.3 is 0 Å². The van der Waals surface area contributed by atoms with Crippen LogP contribution in [0.3, 0.4) is 0 Å². The highest BCUT2D eigenvalue weighted by atomic mass is 16.5. The third-order valence-corrected chi connectivity index (χ3v) is 3.16. The number of carbonyl (C=O) groups is 1. The van der Waals surface area contributed by atoms with Gasteiger partial charge in [0, 0.05) is 25.1 Å². The lowest BCUT2D eigenvalue weighted by molar-refractivity contribution is -0.117. The van der Waals surface area contributed by atoms with Gasteiger partial charge in [-0.05, 0) is 26.3 Å². The number of anilines is 1. The van der Waals surface area contributed by atoms with Gasteiger partial charge in [-0.2, -0.15) is 5.10 Å². The summed E-state index contributed by atoms with van der Waals surface area (Å²) in [4.78, 5) is 16.3. The van der Waals surface area contributed by atoms with Crippen LogP contribution in [0.4, 0.5) is 5.69 Å². The second-order valence-electron chi connectivity index (χ2n) is 5.20. The van der Waals surface area contributed by atoms with Gasteiger partial charge in [0.25, 0.3) is 0 Å². The number of carbonyl (C=O) groups excluding carboxylic acids is 1. The van der Waals surface area contributed by atoms with Gasteiger partial charge < -0.3 is 15.8 Å². The van der Waals surface area contributed by atoms with Gasteiger partial charge in [-0.3, -0.25) is 4.79 Å². The van der Waals surface area contributed by atoms with E-state index in [0.717, 1.165) is 11.0 Å². The first-order chi connectivity index (χ1) is 10.0. The van der Waals surface area contributed by atoms with Crippen LogP contribution in [0.5, 0.6) is 0 Å². The number of methoxy groups -OCH3 is 1. The number of nitrogens with two attached hydrogens (primary N) is 1. The van der Waals surface area contributed by atoms with Crippen LogP contribution in [0, 0.1) is 0 Å². The van der Waals surface area contributed by atoms with E-state index in [2.05, 4.69) is 15.4 Å². The summed E-state index contributed by atoms with van der Waals surface area (Å²) >= 11 is 0. The molecular formula is C14H21N5O2. The Morgan fingerprint density at radius 3 is 2.90 bits per heavy atom. The lowest BCUT2D eigenvalue weighted by Crippen LogP contribution is -2.36. The predicted molar refractivity (Wildman–Crippen MR) is 81.0 cm³/mol. The molecule has 0 aromatic carbocycles. The highest BCUT2D eigenvalue weighted by molar-refractivity contribution is 5.95. The lowest BCUT2D eigenvalue weighted by atomic mass is 10.2. The number of amides is 1. The molecule has 21 heavy (non-hydrogen) atoms. The molecule has 0 fully saturated rings. The minimum Gasteiger partial charge on any atom is -0.385 e. The summed E-state index contributed by atoms with van der Waals surface area (Å²) in [6.07, 6.45) is 3.83. The van der Waals surface area contributed by atoms with Crippen molar-refractivity contribution in [3.05, 3.63) is 18.5 Å². The van der Waals surface area contributed by atoms with Crippen molar-refractivity contribution >= 4 is 22.6 Å². The van der Waals surface area contributed by atoms with E-state index in [1.54, 1.807) is 19.5 Å². The van der Waals surface area contributed by atoms with Crippen LogP contribution in [0.2, 0.25) is 0 Å². The highest BCUT2D eigenvalue weighted by Crippen LogP contribution is 2.19. The molecule has 0 spiro atoms. The molecule has 2 aromatic rings. The summed E-state index contributed by atoms with van der Waals surface area (Å²) in [6.45, 7) is 4.53. The van der Waals surface area contributed by atoms with E-state index in [0.29, 0.717) is 18.7 Å². The summed E-state index contributed by atoms with van der Waals surface area (Å²) in [5.74, 6) is -0.246. The van der Waals surface area contributed by atoms with E-state index in [4.69, 9.17) is 10.5 Å². The second-order valence-corrected chi connectivity index (χ2v) is 5.20. The third-order valence-electron chi connectivity index (χ3n) is 3.16. The van der Waals surface area contributed by atoms with Gasteiger partial charge in [-0.25, -0.2) is 9.67 Å². The van der Waals surface area contributed by atoms with Crippen molar-refractivity contribution in [2.24, 2.45) is 5.73 Å². The minimum absolute atomic E-state index is 0.234. The first-order valence-corrected chi connectivity index (χ1v) is 6.91. The predicted octanol–water partition coefficient (Wildman–Crippen LogP) is 1.31. The normalized spacial score (nSPS) is 12.8. The van der Waals surface area contributed by atoms with Crippen LogP contribution in [-0.4, -0.2) is 40.4 Å². The molecule has 1 unspecified atom stereocenters. The number of hydrogen-bond donors (Lipinski definition) is 2. The molecule has 7 nitrogen and oxygen atoms in total. The first-order valence-electron chi connectivity index (χ1n) is 6.91. The lowest BCUT2D eigenvalue weighted by Gasteiger charge is -2.12. The van der Waals surface area contributed by atoms with Crippen LogP contribution < -0.4 is 11.1 Å². The fraction of sp³-hybridized carbons (Fsp3) is 0.500. The van der Waals surface area contributed by atoms with E-state index >= 15 is 0 Å². The summed E-state index contributed by atoms with van der Waals surface area (Å²) < 4.78 is 6.75. The number of aromatic nitrogens is 3. The Hall–Kier alpha value is -1.99. The number of nitrogens with zero attached hydrogens (tertiary/aromatic N) is 3. The number of nitrogens with one attached hydrogen (secondary N) is 1. The fourth-order valence-corrected chi connectivity index (χ4v) is 2.00. The van der Waals surface area contributed by atoms with Crippen LogP contribution in [0.1, 0.15) is 26.3 Å². The Bertz CT molecular complexity index is 623. The van der Waals surface area contributed by atoms with Crippen LogP contribution in [0.15, 0.2) is 18.5 Å². The van der Waals surface area contributed by atoms with Gasteiger partial charge in [0.2, 0.25) is 5.91 Å². The topological polar surface area (TPSA) is 95.1 Å². The SMILES string of the molecule is COCCC(N)C(=O)Nc1cnc2c(cnn2C(C)C)c1. The molecule has 2 heterocycles. The molecule has 114 valence electrons. The Morgan fingerprint density at radius 1 is 1.48 bits per heavy atom. The van der Waals surface area contributed by atoms with Gasteiger partial charge in [-0.1, -0.05) is 0 Å². The van der Waals surface area contributed by atoms with Crippen molar-refractivity contribution in [1.82, 2.24) is 14.8 Å². The van der Waals surface area contributed by atoms with E-state index in [-0.39, 0.29) is 11.9 Å².